The molecule has 1 atom stereocenters. The third-order valence-corrected chi connectivity index (χ3v) is 3.22. The molecule has 3 nitrogen and oxygen atoms in total. The molecule has 1 fully saturated rings. The maximum Gasteiger partial charge on any atom is 0.416 e. The van der Waals surface area contributed by atoms with Crippen LogP contribution in [0.25, 0.3) is 0 Å². The molecule has 0 radical (unpaired) electrons. The molecule has 1 aliphatic heterocycles. The summed E-state index contributed by atoms with van der Waals surface area (Å²) in [6.07, 6.45) is -3.61. The highest BCUT2D eigenvalue weighted by molar-refractivity contribution is 5.94. The molecule has 0 aromatic heterocycles. The molecule has 0 aliphatic carbocycles. The van der Waals surface area contributed by atoms with E-state index in [1.54, 1.807) is 12.0 Å². The zero-order valence-electron chi connectivity index (χ0n) is 10.4. The number of methoxy groups -OCH3 is 1. The van der Waals surface area contributed by atoms with Crippen molar-refractivity contribution < 1.29 is 22.7 Å². The molecular formula is C13H14F3NO2. The van der Waals surface area contributed by atoms with Crippen LogP contribution < -0.4 is 0 Å². The topological polar surface area (TPSA) is 29.5 Å². The van der Waals surface area contributed by atoms with Crippen molar-refractivity contribution in [3.8, 4) is 0 Å². The fourth-order valence-electron chi connectivity index (χ4n) is 2.09. The summed E-state index contributed by atoms with van der Waals surface area (Å²) in [6, 6.07) is 4.28. The second kappa shape index (κ2) is 5.21. The lowest BCUT2D eigenvalue weighted by Crippen LogP contribution is -2.29. The number of hydrogen-bond acceptors (Lipinski definition) is 2. The summed E-state index contributed by atoms with van der Waals surface area (Å²) in [5, 5.41) is 0. The van der Waals surface area contributed by atoms with E-state index in [1.807, 2.05) is 0 Å². The first-order valence-corrected chi connectivity index (χ1v) is 5.91. The van der Waals surface area contributed by atoms with E-state index < -0.39 is 11.7 Å². The summed E-state index contributed by atoms with van der Waals surface area (Å²) in [7, 11) is 1.58. The van der Waals surface area contributed by atoms with E-state index >= 15 is 0 Å². The number of halogens is 3. The van der Waals surface area contributed by atoms with E-state index in [0.717, 1.165) is 18.6 Å². The quantitative estimate of drug-likeness (QED) is 0.828. The van der Waals surface area contributed by atoms with E-state index in [9.17, 15) is 18.0 Å². The Morgan fingerprint density at radius 2 is 1.95 bits per heavy atom. The van der Waals surface area contributed by atoms with Gasteiger partial charge in [-0.15, -0.1) is 0 Å². The largest absolute Gasteiger partial charge is 0.416 e. The predicted octanol–water partition coefficient (Wildman–Crippen LogP) is 2.57. The number of rotatable bonds is 2. The van der Waals surface area contributed by atoms with Crippen LogP contribution in [0.4, 0.5) is 13.2 Å². The highest BCUT2D eigenvalue weighted by atomic mass is 19.4. The minimum Gasteiger partial charge on any atom is -0.380 e. The Hall–Kier alpha value is -1.56. The first-order valence-electron chi connectivity index (χ1n) is 5.91. The van der Waals surface area contributed by atoms with Gasteiger partial charge in [0.1, 0.15) is 0 Å². The SMILES string of the molecule is CO[C@@H]1CCN(C(=O)c2ccc(C(F)(F)F)cc2)C1. The lowest BCUT2D eigenvalue weighted by atomic mass is 10.1. The molecule has 0 unspecified atom stereocenters. The number of carbonyl (C=O) groups excluding carboxylic acids is 1. The van der Waals surface area contributed by atoms with E-state index in [1.165, 1.54) is 12.1 Å². The number of nitrogens with zero attached hydrogens (tertiary/aromatic N) is 1. The molecule has 1 saturated heterocycles. The molecule has 104 valence electrons. The number of hydrogen-bond donors (Lipinski definition) is 0. The van der Waals surface area contributed by atoms with Crippen molar-refractivity contribution in [2.75, 3.05) is 20.2 Å². The van der Waals surface area contributed by atoms with Gasteiger partial charge in [0.25, 0.3) is 5.91 Å². The molecule has 6 heteroatoms. The van der Waals surface area contributed by atoms with Gasteiger partial charge < -0.3 is 9.64 Å². The van der Waals surface area contributed by atoms with E-state index in [2.05, 4.69) is 0 Å². The summed E-state index contributed by atoms with van der Waals surface area (Å²) >= 11 is 0. The van der Waals surface area contributed by atoms with Gasteiger partial charge in [-0.25, -0.2) is 0 Å². The highest BCUT2D eigenvalue weighted by Gasteiger charge is 2.31. The van der Waals surface area contributed by atoms with E-state index in [0.29, 0.717) is 13.1 Å². The van der Waals surface area contributed by atoms with E-state index in [4.69, 9.17) is 4.74 Å². The average Bonchev–Trinajstić information content (AvgIpc) is 2.86. The molecule has 19 heavy (non-hydrogen) atoms. The molecule has 1 amide bonds. The van der Waals surface area contributed by atoms with Crippen molar-refractivity contribution in [3.63, 3.8) is 0 Å². The Morgan fingerprint density at radius 1 is 1.32 bits per heavy atom. The van der Waals surface area contributed by atoms with Crippen LogP contribution in [0.5, 0.6) is 0 Å². The summed E-state index contributed by atoms with van der Waals surface area (Å²) in [6.45, 7) is 1.05. The minimum atomic E-state index is -4.38. The second-order valence-electron chi connectivity index (χ2n) is 4.47. The molecule has 0 bridgehead atoms. The Morgan fingerprint density at radius 3 is 2.42 bits per heavy atom. The lowest BCUT2D eigenvalue weighted by Gasteiger charge is -2.16. The average molecular weight is 273 g/mol. The van der Waals surface area contributed by atoms with Gasteiger partial charge in [-0.3, -0.25) is 4.79 Å². The van der Waals surface area contributed by atoms with Crippen LogP contribution in [-0.2, 0) is 10.9 Å². The number of benzene rings is 1. The van der Waals surface area contributed by atoms with Gasteiger partial charge in [-0.1, -0.05) is 0 Å². The Labute approximate surface area is 109 Å². The third kappa shape index (κ3) is 3.07. The van der Waals surface area contributed by atoms with Gasteiger partial charge in [-0.2, -0.15) is 13.2 Å². The Bertz CT molecular complexity index is 456. The Kier molecular flexibility index (Phi) is 3.80. The van der Waals surface area contributed by atoms with Gasteiger partial charge in [0, 0.05) is 25.8 Å². The zero-order valence-corrected chi connectivity index (χ0v) is 10.4. The van der Waals surface area contributed by atoms with Crippen molar-refractivity contribution in [1.29, 1.82) is 0 Å². The van der Waals surface area contributed by atoms with Crippen molar-refractivity contribution in [2.45, 2.75) is 18.7 Å². The maximum absolute atomic E-state index is 12.4. The minimum absolute atomic E-state index is 0.0124. The van der Waals surface area contributed by atoms with Gasteiger partial charge in [0.05, 0.1) is 11.7 Å². The fraction of sp³-hybridized carbons (Fsp3) is 0.462. The lowest BCUT2D eigenvalue weighted by molar-refractivity contribution is -0.137. The van der Waals surface area contributed by atoms with Crippen molar-refractivity contribution in [1.82, 2.24) is 4.90 Å². The predicted molar refractivity (Wildman–Crippen MR) is 62.8 cm³/mol. The first kappa shape index (κ1) is 13.9. The zero-order chi connectivity index (χ0) is 14.0. The van der Waals surface area contributed by atoms with Crippen LogP contribution in [0.1, 0.15) is 22.3 Å². The first-order chi connectivity index (χ1) is 8.91. The third-order valence-electron chi connectivity index (χ3n) is 3.22. The number of ether oxygens (including phenoxy) is 1. The van der Waals surface area contributed by atoms with Crippen molar-refractivity contribution in [2.24, 2.45) is 0 Å². The van der Waals surface area contributed by atoms with Crippen LogP contribution >= 0.6 is 0 Å². The monoisotopic (exact) mass is 273 g/mol. The smallest absolute Gasteiger partial charge is 0.380 e. The molecular weight excluding hydrogens is 259 g/mol. The summed E-state index contributed by atoms with van der Waals surface area (Å²) in [5.41, 5.74) is -0.481. The van der Waals surface area contributed by atoms with E-state index in [-0.39, 0.29) is 17.6 Å². The number of carbonyl (C=O) groups is 1. The number of amides is 1. The van der Waals surface area contributed by atoms with Crippen molar-refractivity contribution in [3.05, 3.63) is 35.4 Å². The van der Waals surface area contributed by atoms with Gasteiger partial charge in [-0.05, 0) is 30.7 Å². The normalized spacial score (nSPS) is 19.8. The van der Waals surface area contributed by atoms with Crippen LogP contribution in [0.2, 0.25) is 0 Å². The molecule has 0 saturated carbocycles. The van der Waals surface area contributed by atoms with Crippen LogP contribution in [0.15, 0.2) is 24.3 Å². The summed E-state index contributed by atoms with van der Waals surface area (Å²) in [4.78, 5) is 13.7. The highest BCUT2D eigenvalue weighted by Crippen LogP contribution is 2.29. The molecule has 1 aliphatic rings. The molecule has 0 N–H and O–H groups in total. The van der Waals surface area contributed by atoms with Gasteiger partial charge in [0.15, 0.2) is 0 Å². The van der Waals surface area contributed by atoms with Crippen LogP contribution in [-0.4, -0.2) is 37.1 Å². The molecule has 0 spiro atoms. The Balaban J connectivity index is 2.08. The summed E-state index contributed by atoms with van der Waals surface area (Å²) in [5.74, 6) is -0.256. The summed E-state index contributed by atoms with van der Waals surface area (Å²) < 4.78 is 42.4. The number of likely N-dealkylation sites (tertiary alicyclic amines) is 1. The molecule has 1 aromatic carbocycles. The molecule has 1 heterocycles. The number of alkyl halides is 3. The standard InChI is InChI=1S/C13H14F3NO2/c1-19-11-6-7-17(8-11)12(18)9-2-4-10(5-3-9)13(14,15)16/h2-5,11H,6-8H2,1H3/t11-/m1/s1. The second-order valence-corrected chi connectivity index (χ2v) is 4.47. The van der Waals surface area contributed by atoms with Gasteiger partial charge >= 0.3 is 6.18 Å². The fourth-order valence-corrected chi connectivity index (χ4v) is 2.09. The van der Waals surface area contributed by atoms with Crippen LogP contribution in [0.3, 0.4) is 0 Å². The van der Waals surface area contributed by atoms with Gasteiger partial charge in [0.2, 0.25) is 0 Å². The van der Waals surface area contributed by atoms with Crippen molar-refractivity contribution >= 4 is 5.91 Å². The molecule has 1 aromatic rings. The maximum atomic E-state index is 12.4. The van der Waals surface area contributed by atoms with Crippen LogP contribution in [0, 0.1) is 0 Å². The molecule has 2 rings (SSSR count).